The van der Waals surface area contributed by atoms with E-state index >= 15 is 0 Å². The summed E-state index contributed by atoms with van der Waals surface area (Å²) in [5, 5.41) is 0. The maximum Gasteiger partial charge on any atom is 0.137 e. The Morgan fingerprint density at radius 3 is 2.61 bits per heavy atom. The van der Waals surface area contributed by atoms with Crippen molar-refractivity contribution in [2.45, 2.75) is 12.8 Å². The summed E-state index contributed by atoms with van der Waals surface area (Å²) in [4.78, 5) is 4.58. The SMILES string of the molecule is Nc1ccc2nc(CCc3ccccc3)cn2c1. The van der Waals surface area contributed by atoms with E-state index in [2.05, 4.69) is 35.4 Å². The van der Waals surface area contributed by atoms with Crippen LogP contribution in [-0.2, 0) is 12.8 Å². The van der Waals surface area contributed by atoms with E-state index in [-0.39, 0.29) is 0 Å². The van der Waals surface area contributed by atoms with Gasteiger partial charge in [0.25, 0.3) is 0 Å². The number of imidazole rings is 1. The molecular formula is C15H15N3. The van der Waals surface area contributed by atoms with Gasteiger partial charge in [0.05, 0.1) is 5.69 Å². The molecule has 0 bridgehead atoms. The van der Waals surface area contributed by atoms with Gasteiger partial charge in [0.15, 0.2) is 0 Å². The van der Waals surface area contributed by atoms with Crippen molar-refractivity contribution in [2.24, 2.45) is 0 Å². The second-order valence-corrected chi connectivity index (χ2v) is 4.45. The van der Waals surface area contributed by atoms with Crippen LogP contribution >= 0.6 is 0 Å². The van der Waals surface area contributed by atoms with E-state index < -0.39 is 0 Å². The van der Waals surface area contributed by atoms with Gasteiger partial charge in [0.2, 0.25) is 0 Å². The molecule has 3 aromatic rings. The molecule has 0 saturated heterocycles. The fourth-order valence-electron chi connectivity index (χ4n) is 2.10. The smallest absolute Gasteiger partial charge is 0.137 e. The van der Waals surface area contributed by atoms with Crippen molar-refractivity contribution in [1.29, 1.82) is 0 Å². The van der Waals surface area contributed by atoms with Crippen molar-refractivity contribution >= 4 is 11.3 Å². The molecule has 3 rings (SSSR count). The highest BCUT2D eigenvalue weighted by atomic mass is 15.0. The molecule has 18 heavy (non-hydrogen) atoms. The van der Waals surface area contributed by atoms with Crippen molar-refractivity contribution < 1.29 is 0 Å². The third-order valence-corrected chi connectivity index (χ3v) is 3.04. The standard InChI is InChI=1S/C15H15N3/c16-13-7-9-15-17-14(11-18(15)10-13)8-6-12-4-2-1-3-5-12/h1-5,7,9-11H,6,8,16H2. The van der Waals surface area contributed by atoms with E-state index in [0.29, 0.717) is 0 Å². The number of fused-ring (bicyclic) bond motifs is 1. The van der Waals surface area contributed by atoms with E-state index in [0.717, 1.165) is 29.9 Å². The molecule has 2 aromatic heterocycles. The molecule has 3 nitrogen and oxygen atoms in total. The Bertz CT molecular complexity index is 656. The van der Waals surface area contributed by atoms with Gasteiger partial charge < -0.3 is 10.1 Å². The van der Waals surface area contributed by atoms with Crippen molar-refractivity contribution in [3.8, 4) is 0 Å². The van der Waals surface area contributed by atoms with Gasteiger partial charge in [0, 0.05) is 18.1 Å². The summed E-state index contributed by atoms with van der Waals surface area (Å²) >= 11 is 0. The predicted octanol–water partition coefficient (Wildman–Crippen LogP) is 2.70. The van der Waals surface area contributed by atoms with Gasteiger partial charge >= 0.3 is 0 Å². The number of aryl methyl sites for hydroxylation is 2. The van der Waals surface area contributed by atoms with Gasteiger partial charge in [-0.25, -0.2) is 4.98 Å². The third kappa shape index (κ3) is 2.20. The molecule has 0 atom stereocenters. The fraction of sp³-hybridized carbons (Fsp3) is 0.133. The minimum atomic E-state index is 0.759. The maximum absolute atomic E-state index is 5.75. The highest BCUT2D eigenvalue weighted by molar-refractivity contribution is 5.48. The van der Waals surface area contributed by atoms with Gasteiger partial charge in [-0.2, -0.15) is 0 Å². The summed E-state index contributed by atoms with van der Waals surface area (Å²) < 4.78 is 1.98. The van der Waals surface area contributed by atoms with Crippen molar-refractivity contribution in [3.05, 3.63) is 66.1 Å². The molecule has 2 N–H and O–H groups in total. The molecule has 0 unspecified atom stereocenters. The Kier molecular flexibility index (Phi) is 2.73. The number of rotatable bonds is 3. The van der Waals surface area contributed by atoms with E-state index in [1.807, 2.05) is 28.8 Å². The third-order valence-electron chi connectivity index (χ3n) is 3.04. The number of nitrogens with two attached hydrogens (primary N) is 1. The van der Waals surface area contributed by atoms with Crippen molar-refractivity contribution in [2.75, 3.05) is 5.73 Å². The number of aromatic nitrogens is 2. The Morgan fingerprint density at radius 2 is 1.78 bits per heavy atom. The molecular weight excluding hydrogens is 222 g/mol. The first-order valence-electron chi connectivity index (χ1n) is 6.08. The maximum atomic E-state index is 5.75. The lowest BCUT2D eigenvalue weighted by Crippen LogP contribution is -1.90. The molecule has 0 radical (unpaired) electrons. The summed E-state index contributed by atoms with van der Waals surface area (Å²) in [7, 11) is 0. The number of pyridine rings is 1. The zero-order valence-electron chi connectivity index (χ0n) is 10.1. The molecule has 90 valence electrons. The van der Waals surface area contributed by atoms with E-state index in [1.54, 1.807) is 0 Å². The van der Waals surface area contributed by atoms with Crippen LogP contribution < -0.4 is 5.73 Å². The average Bonchev–Trinajstić information content (AvgIpc) is 2.79. The van der Waals surface area contributed by atoms with Gasteiger partial charge in [0.1, 0.15) is 5.65 Å². The lowest BCUT2D eigenvalue weighted by Gasteiger charge is -1.97. The minimum Gasteiger partial charge on any atom is -0.398 e. The Hall–Kier alpha value is -2.29. The van der Waals surface area contributed by atoms with Crippen LogP contribution in [0, 0.1) is 0 Å². The monoisotopic (exact) mass is 237 g/mol. The first-order valence-corrected chi connectivity index (χ1v) is 6.08. The quantitative estimate of drug-likeness (QED) is 0.761. The van der Waals surface area contributed by atoms with Crippen LogP contribution in [0.25, 0.3) is 5.65 Å². The highest BCUT2D eigenvalue weighted by Crippen LogP contribution is 2.11. The van der Waals surface area contributed by atoms with Crippen LogP contribution in [-0.4, -0.2) is 9.38 Å². The van der Waals surface area contributed by atoms with Crippen molar-refractivity contribution in [1.82, 2.24) is 9.38 Å². The zero-order chi connectivity index (χ0) is 12.4. The number of benzene rings is 1. The molecule has 0 aliphatic heterocycles. The molecule has 0 saturated carbocycles. The first-order chi connectivity index (χ1) is 8.81. The number of hydrogen-bond donors (Lipinski definition) is 1. The lowest BCUT2D eigenvalue weighted by atomic mass is 10.1. The predicted molar refractivity (Wildman–Crippen MR) is 73.5 cm³/mol. The molecule has 0 spiro atoms. The Labute approximate surface area is 106 Å². The fourth-order valence-corrected chi connectivity index (χ4v) is 2.10. The van der Waals surface area contributed by atoms with Crippen LogP contribution in [0.4, 0.5) is 5.69 Å². The van der Waals surface area contributed by atoms with Gasteiger partial charge in [-0.05, 0) is 30.5 Å². The van der Waals surface area contributed by atoms with Gasteiger partial charge in [-0.15, -0.1) is 0 Å². The summed E-state index contributed by atoms with van der Waals surface area (Å²) in [5.74, 6) is 0. The topological polar surface area (TPSA) is 43.3 Å². The van der Waals surface area contributed by atoms with Crippen molar-refractivity contribution in [3.63, 3.8) is 0 Å². The number of nitrogen functional groups attached to an aromatic ring is 1. The largest absolute Gasteiger partial charge is 0.398 e. The van der Waals surface area contributed by atoms with Crippen LogP contribution in [0.15, 0.2) is 54.9 Å². The molecule has 0 aliphatic rings. The molecule has 2 heterocycles. The Morgan fingerprint density at radius 1 is 0.944 bits per heavy atom. The second-order valence-electron chi connectivity index (χ2n) is 4.45. The molecule has 0 aliphatic carbocycles. The summed E-state index contributed by atoms with van der Waals surface area (Å²) in [6.45, 7) is 0. The lowest BCUT2D eigenvalue weighted by molar-refractivity contribution is 0.927. The van der Waals surface area contributed by atoms with Gasteiger partial charge in [-0.1, -0.05) is 30.3 Å². The van der Waals surface area contributed by atoms with Gasteiger partial charge in [-0.3, -0.25) is 0 Å². The molecule has 1 aromatic carbocycles. The molecule has 0 fully saturated rings. The number of anilines is 1. The second kappa shape index (κ2) is 4.53. The minimum absolute atomic E-state index is 0.759. The summed E-state index contributed by atoms with van der Waals surface area (Å²) in [6, 6.07) is 14.3. The Balaban J connectivity index is 1.79. The van der Waals surface area contributed by atoms with E-state index in [4.69, 9.17) is 5.73 Å². The van der Waals surface area contributed by atoms with E-state index in [1.165, 1.54) is 5.56 Å². The number of hydrogen-bond acceptors (Lipinski definition) is 2. The molecule has 3 heteroatoms. The van der Waals surface area contributed by atoms with Crippen LogP contribution in [0.5, 0.6) is 0 Å². The average molecular weight is 237 g/mol. The normalized spacial score (nSPS) is 10.9. The van der Waals surface area contributed by atoms with Crippen LogP contribution in [0.3, 0.4) is 0 Å². The first kappa shape index (κ1) is 10.8. The van der Waals surface area contributed by atoms with Crippen LogP contribution in [0.2, 0.25) is 0 Å². The van der Waals surface area contributed by atoms with Crippen LogP contribution in [0.1, 0.15) is 11.3 Å². The number of nitrogens with zero attached hydrogens (tertiary/aromatic N) is 2. The summed E-state index contributed by atoms with van der Waals surface area (Å²) in [5.41, 5.74) is 9.90. The molecule has 0 amide bonds. The zero-order valence-corrected chi connectivity index (χ0v) is 10.1. The van der Waals surface area contributed by atoms with E-state index in [9.17, 15) is 0 Å². The highest BCUT2D eigenvalue weighted by Gasteiger charge is 2.02. The summed E-state index contributed by atoms with van der Waals surface area (Å²) in [6.07, 6.45) is 5.91.